The number of carbonyl (C=O) groups excluding carboxylic acids is 2. The minimum atomic E-state index is -0.618. The van der Waals surface area contributed by atoms with E-state index in [1.165, 1.54) is 0 Å². The molecule has 0 aliphatic rings. The highest BCUT2D eigenvalue weighted by molar-refractivity contribution is 9.10. The molecule has 30 heavy (non-hydrogen) atoms. The zero-order valence-corrected chi connectivity index (χ0v) is 19.9. The number of halogens is 2. The first-order valence-corrected chi connectivity index (χ1v) is 11.2. The third kappa shape index (κ3) is 7.33. The van der Waals surface area contributed by atoms with Crippen LogP contribution in [0.5, 0.6) is 5.75 Å². The quantitative estimate of drug-likeness (QED) is 0.465. The maximum absolute atomic E-state index is 13.0. The Hall–Kier alpha value is -2.05. The Morgan fingerprint density at radius 3 is 2.67 bits per heavy atom. The summed E-state index contributed by atoms with van der Waals surface area (Å²) in [4.78, 5) is 27.2. The van der Waals surface area contributed by atoms with E-state index in [4.69, 9.17) is 16.3 Å². The van der Waals surface area contributed by atoms with E-state index in [2.05, 4.69) is 28.2 Å². The molecule has 0 unspecified atom stereocenters. The summed E-state index contributed by atoms with van der Waals surface area (Å²) in [5, 5.41) is 3.48. The average Bonchev–Trinajstić information content (AvgIpc) is 2.71. The van der Waals surface area contributed by atoms with Gasteiger partial charge in [0.25, 0.3) is 5.91 Å². The van der Waals surface area contributed by atoms with E-state index < -0.39 is 6.04 Å². The summed E-state index contributed by atoms with van der Waals surface area (Å²) >= 11 is 9.34. The minimum absolute atomic E-state index is 0.169. The van der Waals surface area contributed by atoms with Gasteiger partial charge < -0.3 is 15.0 Å². The number of carbonyl (C=O) groups is 2. The Balaban J connectivity index is 2.13. The van der Waals surface area contributed by atoms with Crippen LogP contribution >= 0.6 is 27.5 Å². The van der Waals surface area contributed by atoms with Crippen molar-refractivity contribution in [1.82, 2.24) is 10.2 Å². The van der Waals surface area contributed by atoms with Crippen LogP contribution in [0.2, 0.25) is 5.02 Å². The maximum Gasteiger partial charge on any atom is 0.261 e. The number of nitrogens with zero attached hydrogens (tertiary/aromatic N) is 1. The predicted molar refractivity (Wildman–Crippen MR) is 124 cm³/mol. The van der Waals surface area contributed by atoms with Gasteiger partial charge in [0.1, 0.15) is 11.8 Å². The summed E-state index contributed by atoms with van der Waals surface area (Å²) in [6, 6.07) is 12.4. The number of unbranched alkanes of at least 4 members (excludes halogenated alkanes) is 1. The third-order valence-corrected chi connectivity index (χ3v) is 5.53. The molecule has 0 fully saturated rings. The fourth-order valence-corrected chi connectivity index (χ4v) is 3.74. The SMILES string of the molecule is CCCCNC(=O)[C@@H](C)N(Cc1cccc(C)c1)C(=O)COc1ccc(Cl)cc1Br. The van der Waals surface area contributed by atoms with Gasteiger partial charge in [0, 0.05) is 18.1 Å². The Kier molecular flexibility index (Phi) is 9.66. The molecule has 0 aromatic heterocycles. The van der Waals surface area contributed by atoms with E-state index in [1.54, 1.807) is 30.0 Å². The molecular weight excluding hydrogens is 468 g/mol. The molecule has 162 valence electrons. The van der Waals surface area contributed by atoms with Gasteiger partial charge in [0.05, 0.1) is 4.47 Å². The molecule has 0 saturated heterocycles. The zero-order chi connectivity index (χ0) is 22.1. The number of rotatable bonds is 10. The van der Waals surface area contributed by atoms with Gasteiger partial charge in [-0.15, -0.1) is 0 Å². The minimum Gasteiger partial charge on any atom is -0.483 e. The van der Waals surface area contributed by atoms with Gasteiger partial charge in [0.15, 0.2) is 6.61 Å². The molecule has 2 amide bonds. The normalized spacial score (nSPS) is 11.6. The van der Waals surface area contributed by atoms with Gasteiger partial charge in [-0.1, -0.05) is 54.8 Å². The van der Waals surface area contributed by atoms with Crippen LogP contribution in [0, 0.1) is 6.92 Å². The van der Waals surface area contributed by atoms with Gasteiger partial charge in [-0.2, -0.15) is 0 Å². The summed E-state index contributed by atoms with van der Waals surface area (Å²) in [7, 11) is 0. The van der Waals surface area contributed by atoms with Crippen LogP contribution in [-0.4, -0.2) is 35.9 Å². The Morgan fingerprint density at radius 1 is 1.23 bits per heavy atom. The lowest BCUT2D eigenvalue weighted by Crippen LogP contribution is -2.49. The van der Waals surface area contributed by atoms with E-state index in [0.717, 1.165) is 24.0 Å². The molecule has 0 aliphatic carbocycles. The van der Waals surface area contributed by atoms with Crippen LogP contribution in [0.3, 0.4) is 0 Å². The molecule has 0 radical (unpaired) electrons. The van der Waals surface area contributed by atoms with Crippen LogP contribution in [-0.2, 0) is 16.1 Å². The number of hydrogen-bond donors (Lipinski definition) is 1. The lowest BCUT2D eigenvalue weighted by Gasteiger charge is -2.29. The average molecular weight is 496 g/mol. The van der Waals surface area contributed by atoms with Crippen LogP contribution < -0.4 is 10.1 Å². The van der Waals surface area contributed by atoms with Crippen molar-refractivity contribution in [3.05, 3.63) is 63.1 Å². The molecule has 0 heterocycles. The number of ether oxygens (including phenoxy) is 1. The van der Waals surface area contributed by atoms with Crippen molar-refractivity contribution in [2.45, 2.75) is 46.2 Å². The molecule has 0 saturated carbocycles. The highest BCUT2D eigenvalue weighted by Gasteiger charge is 2.26. The molecular formula is C23H28BrClN2O3. The number of hydrogen-bond acceptors (Lipinski definition) is 3. The molecule has 2 aromatic rings. The second-order valence-corrected chi connectivity index (χ2v) is 8.49. The van der Waals surface area contributed by atoms with Crippen LogP contribution in [0.1, 0.15) is 37.8 Å². The van der Waals surface area contributed by atoms with Crippen molar-refractivity contribution >= 4 is 39.3 Å². The molecule has 0 bridgehead atoms. The van der Waals surface area contributed by atoms with Crippen LogP contribution in [0.25, 0.3) is 0 Å². The molecule has 0 spiro atoms. The topological polar surface area (TPSA) is 58.6 Å². The number of aryl methyl sites for hydroxylation is 1. The number of amides is 2. The Bertz CT molecular complexity index is 875. The summed E-state index contributed by atoms with van der Waals surface area (Å²) in [6.07, 6.45) is 1.89. The molecule has 2 rings (SSSR count). The fraction of sp³-hybridized carbons (Fsp3) is 0.391. The van der Waals surface area contributed by atoms with Crippen molar-refractivity contribution in [3.63, 3.8) is 0 Å². The lowest BCUT2D eigenvalue weighted by molar-refractivity contribution is -0.142. The highest BCUT2D eigenvalue weighted by Crippen LogP contribution is 2.28. The monoisotopic (exact) mass is 494 g/mol. The van der Waals surface area contributed by atoms with Gasteiger partial charge >= 0.3 is 0 Å². The maximum atomic E-state index is 13.0. The highest BCUT2D eigenvalue weighted by atomic mass is 79.9. The first-order valence-electron chi connectivity index (χ1n) is 10.0. The van der Waals surface area contributed by atoms with E-state index in [9.17, 15) is 9.59 Å². The van der Waals surface area contributed by atoms with Gasteiger partial charge in [-0.3, -0.25) is 9.59 Å². The summed E-state index contributed by atoms with van der Waals surface area (Å²) in [5.41, 5.74) is 2.06. The molecule has 5 nitrogen and oxygen atoms in total. The first-order chi connectivity index (χ1) is 14.3. The summed E-state index contributed by atoms with van der Waals surface area (Å²) < 4.78 is 6.36. The smallest absolute Gasteiger partial charge is 0.261 e. The second-order valence-electron chi connectivity index (χ2n) is 7.19. The largest absolute Gasteiger partial charge is 0.483 e. The van der Waals surface area contributed by atoms with E-state index in [1.807, 2.05) is 31.2 Å². The predicted octanol–water partition coefficient (Wildman–Crippen LogP) is 5.12. The van der Waals surface area contributed by atoms with Crippen molar-refractivity contribution in [3.8, 4) is 5.75 Å². The molecule has 1 atom stereocenters. The number of nitrogens with one attached hydrogen (secondary N) is 1. The van der Waals surface area contributed by atoms with E-state index in [-0.39, 0.29) is 18.4 Å². The van der Waals surface area contributed by atoms with Crippen molar-refractivity contribution in [1.29, 1.82) is 0 Å². The Morgan fingerprint density at radius 2 is 2.00 bits per heavy atom. The number of benzene rings is 2. The lowest BCUT2D eigenvalue weighted by atomic mass is 10.1. The fourth-order valence-electron chi connectivity index (χ4n) is 2.94. The Labute approximate surface area is 191 Å². The van der Waals surface area contributed by atoms with E-state index in [0.29, 0.717) is 28.3 Å². The molecule has 7 heteroatoms. The standard InChI is InChI=1S/C23H28BrClN2O3/c1-4-5-11-26-23(29)17(3)27(14-18-8-6-7-16(2)12-18)22(28)15-30-21-10-9-19(25)13-20(21)24/h6-10,12-13,17H,4-5,11,14-15H2,1-3H3,(H,26,29)/t17-/m1/s1. The molecule has 2 aromatic carbocycles. The zero-order valence-electron chi connectivity index (χ0n) is 17.6. The van der Waals surface area contributed by atoms with Crippen LogP contribution in [0.4, 0.5) is 0 Å². The van der Waals surface area contributed by atoms with Crippen LogP contribution in [0.15, 0.2) is 46.9 Å². The van der Waals surface area contributed by atoms with E-state index >= 15 is 0 Å². The van der Waals surface area contributed by atoms with Gasteiger partial charge in [-0.25, -0.2) is 0 Å². The van der Waals surface area contributed by atoms with Crippen molar-refractivity contribution in [2.24, 2.45) is 0 Å². The summed E-state index contributed by atoms with van der Waals surface area (Å²) in [5.74, 6) is 0.0805. The first kappa shape index (κ1) is 24.2. The molecule has 0 aliphatic heterocycles. The van der Waals surface area contributed by atoms with Gasteiger partial charge in [-0.05, 0) is 60.0 Å². The van der Waals surface area contributed by atoms with Crippen molar-refractivity contribution < 1.29 is 14.3 Å². The van der Waals surface area contributed by atoms with Gasteiger partial charge in [0.2, 0.25) is 5.91 Å². The second kappa shape index (κ2) is 12.0. The third-order valence-electron chi connectivity index (χ3n) is 4.68. The van der Waals surface area contributed by atoms with Crippen molar-refractivity contribution in [2.75, 3.05) is 13.2 Å². The molecule has 1 N–H and O–H groups in total. The summed E-state index contributed by atoms with van der Waals surface area (Å²) in [6.45, 7) is 6.55.